The van der Waals surface area contributed by atoms with Crippen LogP contribution in [0, 0.1) is 11.8 Å². The average Bonchev–Trinajstić information content (AvgIpc) is 2.45. The zero-order chi connectivity index (χ0) is 16.9. The minimum absolute atomic E-state index is 0.136. The Balaban J connectivity index is 3.41. The van der Waals surface area contributed by atoms with Crippen LogP contribution in [0.4, 0.5) is 0 Å². The zero-order valence-corrected chi connectivity index (χ0v) is 14.9. The van der Waals surface area contributed by atoms with E-state index in [0.29, 0.717) is 17.8 Å². The van der Waals surface area contributed by atoms with Gasteiger partial charge in [-0.1, -0.05) is 65.5 Å². The van der Waals surface area contributed by atoms with E-state index in [0.717, 1.165) is 5.56 Å². The van der Waals surface area contributed by atoms with Crippen LogP contribution < -0.4 is 0 Å². The van der Waals surface area contributed by atoms with Crippen molar-refractivity contribution in [1.29, 1.82) is 0 Å². The third-order valence-electron chi connectivity index (χ3n) is 3.81. The molecule has 0 heterocycles. The lowest BCUT2D eigenvalue weighted by Crippen LogP contribution is -2.04. The predicted molar refractivity (Wildman–Crippen MR) is 92.2 cm³/mol. The van der Waals surface area contributed by atoms with Crippen molar-refractivity contribution in [2.45, 2.75) is 65.7 Å². The Morgan fingerprint density at radius 3 is 1.86 bits per heavy atom. The fourth-order valence-corrected chi connectivity index (χ4v) is 2.38. The highest BCUT2D eigenvalue weighted by Gasteiger charge is 2.15. The van der Waals surface area contributed by atoms with Crippen LogP contribution in [-0.2, 0) is 9.53 Å². The van der Waals surface area contributed by atoms with Crippen molar-refractivity contribution in [3.05, 3.63) is 34.4 Å². The Morgan fingerprint density at radius 1 is 1.00 bits per heavy atom. The van der Waals surface area contributed by atoms with Gasteiger partial charge in [0.25, 0.3) is 0 Å². The Bertz CT molecular complexity index is 554. The number of ether oxygens (including phenoxy) is 1. The minimum Gasteiger partial charge on any atom is -0.468 e. The number of methoxy groups -OCH3 is 1. The number of hydrogen-bond acceptors (Lipinski definition) is 2. The van der Waals surface area contributed by atoms with E-state index < -0.39 is 0 Å². The quantitative estimate of drug-likeness (QED) is 0.579. The van der Waals surface area contributed by atoms with Crippen LogP contribution >= 0.6 is 0 Å². The smallest absolute Gasteiger partial charge is 0.317 e. The summed E-state index contributed by atoms with van der Waals surface area (Å²) in [6, 6.07) is 4.53. The highest BCUT2D eigenvalue weighted by molar-refractivity contribution is 5.72. The number of benzene rings is 1. The van der Waals surface area contributed by atoms with Crippen molar-refractivity contribution in [3.63, 3.8) is 0 Å². The van der Waals surface area contributed by atoms with E-state index >= 15 is 0 Å². The molecule has 0 aliphatic heterocycles. The lowest BCUT2D eigenvalue weighted by atomic mass is 9.84. The molecule has 1 rings (SSSR count). The molecule has 0 N–H and O–H groups in total. The second-order valence-corrected chi connectivity index (χ2v) is 6.59. The molecule has 2 nitrogen and oxygen atoms in total. The van der Waals surface area contributed by atoms with Crippen LogP contribution in [-0.4, -0.2) is 13.1 Å². The summed E-state index contributed by atoms with van der Waals surface area (Å²) in [6.45, 7) is 13.2. The molecular weight excluding hydrogens is 272 g/mol. The molecule has 0 saturated carbocycles. The molecule has 0 aliphatic rings. The highest BCUT2D eigenvalue weighted by atomic mass is 16.5. The van der Waals surface area contributed by atoms with Gasteiger partial charge in [-0.15, -0.1) is 0 Å². The maximum Gasteiger partial charge on any atom is 0.317 e. The summed E-state index contributed by atoms with van der Waals surface area (Å²) in [5.74, 6) is 7.20. The summed E-state index contributed by atoms with van der Waals surface area (Å²) in [4.78, 5) is 11.3. The maximum atomic E-state index is 11.3. The first-order valence-electron chi connectivity index (χ1n) is 8.01. The van der Waals surface area contributed by atoms with E-state index in [9.17, 15) is 4.79 Å². The molecule has 0 fully saturated rings. The van der Waals surface area contributed by atoms with Gasteiger partial charge in [0.2, 0.25) is 0 Å². The fraction of sp³-hybridized carbons (Fsp3) is 0.550. The second-order valence-electron chi connectivity index (χ2n) is 6.59. The summed E-state index contributed by atoms with van der Waals surface area (Å²) in [6.07, 6.45) is 0.136. The van der Waals surface area contributed by atoms with Gasteiger partial charge in [0.15, 0.2) is 0 Å². The van der Waals surface area contributed by atoms with Gasteiger partial charge >= 0.3 is 5.97 Å². The summed E-state index contributed by atoms with van der Waals surface area (Å²) in [5.41, 5.74) is 4.98. The summed E-state index contributed by atoms with van der Waals surface area (Å²) < 4.78 is 4.65. The third-order valence-corrected chi connectivity index (χ3v) is 3.81. The van der Waals surface area contributed by atoms with Crippen molar-refractivity contribution in [3.8, 4) is 11.8 Å². The van der Waals surface area contributed by atoms with Gasteiger partial charge < -0.3 is 4.74 Å². The van der Waals surface area contributed by atoms with Crippen molar-refractivity contribution >= 4 is 5.97 Å². The molecular formula is C20H28O2. The number of carbonyl (C=O) groups is 1. The van der Waals surface area contributed by atoms with Crippen molar-refractivity contribution in [2.75, 3.05) is 7.11 Å². The van der Waals surface area contributed by atoms with E-state index in [1.54, 1.807) is 0 Å². The lowest BCUT2D eigenvalue weighted by Gasteiger charge is -2.20. The van der Waals surface area contributed by atoms with E-state index in [4.69, 9.17) is 0 Å². The van der Waals surface area contributed by atoms with Crippen molar-refractivity contribution in [2.24, 2.45) is 0 Å². The van der Waals surface area contributed by atoms with Crippen LogP contribution in [0.2, 0.25) is 0 Å². The number of esters is 1. The topological polar surface area (TPSA) is 26.3 Å². The van der Waals surface area contributed by atoms with Gasteiger partial charge in [0.05, 0.1) is 7.11 Å². The normalized spacial score (nSPS) is 10.8. The van der Waals surface area contributed by atoms with Crippen LogP contribution in [0.1, 0.15) is 88.0 Å². The van der Waals surface area contributed by atoms with Crippen molar-refractivity contribution < 1.29 is 9.53 Å². The molecule has 0 atom stereocenters. The largest absolute Gasteiger partial charge is 0.468 e. The Labute approximate surface area is 135 Å². The number of hydrogen-bond donors (Lipinski definition) is 0. The first-order chi connectivity index (χ1) is 10.3. The standard InChI is InChI=1S/C20H28O2/c1-13(2)16-11-18(14(3)4)17(19(12-16)15(5)6)9-8-10-20(21)22-7/h11-15H,10H2,1-7H3. The summed E-state index contributed by atoms with van der Waals surface area (Å²) in [7, 11) is 1.39. The van der Waals surface area contributed by atoms with E-state index in [1.807, 2.05) is 0 Å². The Morgan fingerprint density at radius 2 is 1.50 bits per heavy atom. The van der Waals surface area contributed by atoms with Gasteiger partial charge in [-0.25, -0.2) is 0 Å². The van der Waals surface area contributed by atoms with E-state index in [2.05, 4.69) is 70.3 Å². The van der Waals surface area contributed by atoms with Crippen LogP contribution in [0.5, 0.6) is 0 Å². The molecule has 0 aromatic heterocycles. The average molecular weight is 300 g/mol. The van der Waals surface area contributed by atoms with Gasteiger partial charge in [0, 0.05) is 5.56 Å². The molecule has 2 heteroatoms. The lowest BCUT2D eigenvalue weighted by molar-refractivity contribution is -0.139. The molecule has 22 heavy (non-hydrogen) atoms. The molecule has 0 aliphatic carbocycles. The maximum absolute atomic E-state index is 11.3. The summed E-state index contributed by atoms with van der Waals surface area (Å²) >= 11 is 0. The van der Waals surface area contributed by atoms with E-state index in [-0.39, 0.29) is 12.4 Å². The SMILES string of the molecule is COC(=O)CC#Cc1c(C(C)C)cc(C(C)C)cc1C(C)C. The predicted octanol–water partition coefficient (Wildman–Crippen LogP) is 4.97. The molecule has 0 spiro atoms. The molecule has 1 aromatic carbocycles. The Hall–Kier alpha value is -1.75. The zero-order valence-electron chi connectivity index (χ0n) is 14.9. The fourth-order valence-electron chi connectivity index (χ4n) is 2.38. The van der Waals surface area contributed by atoms with Crippen LogP contribution in [0.15, 0.2) is 12.1 Å². The van der Waals surface area contributed by atoms with Gasteiger partial charge in [-0.3, -0.25) is 4.79 Å². The molecule has 0 radical (unpaired) electrons. The first kappa shape index (κ1) is 18.3. The van der Waals surface area contributed by atoms with E-state index in [1.165, 1.54) is 23.8 Å². The first-order valence-corrected chi connectivity index (χ1v) is 8.01. The van der Waals surface area contributed by atoms with Gasteiger partial charge in [-0.2, -0.15) is 0 Å². The van der Waals surface area contributed by atoms with Gasteiger partial charge in [-0.05, 0) is 34.4 Å². The van der Waals surface area contributed by atoms with Crippen LogP contribution in [0.25, 0.3) is 0 Å². The van der Waals surface area contributed by atoms with Crippen LogP contribution in [0.3, 0.4) is 0 Å². The molecule has 0 saturated heterocycles. The second kappa shape index (κ2) is 8.03. The molecule has 0 amide bonds. The number of rotatable bonds is 4. The monoisotopic (exact) mass is 300 g/mol. The third kappa shape index (κ3) is 4.63. The minimum atomic E-state index is -0.288. The van der Waals surface area contributed by atoms with Gasteiger partial charge in [0.1, 0.15) is 6.42 Å². The Kier molecular flexibility index (Phi) is 6.68. The summed E-state index contributed by atoms with van der Waals surface area (Å²) in [5, 5.41) is 0. The van der Waals surface area contributed by atoms with Crippen molar-refractivity contribution in [1.82, 2.24) is 0 Å². The molecule has 1 aromatic rings. The molecule has 120 valence electrons. The molecule has 0 bridgehead atoms. The highest BCUT2D eigenvalue weighted by Crippen LogP contribution is 2.31. The number of carbonyl (C=O) groups excluding carboxylic acids is 1. The molecule has 0 unspecified atom stereocenters.